The van der Waals surface area contributed by atoms with Crippen molar-refractivity contribution in [1.82, 2.24) is 14.8 Å². The fourth-order valence-electron chi connectivity index (χ4n) is 3.38. The lowest BCUT2D eigenvalue weighted by Crippen LogP contribution is -2.12. The molecule has 0 saturated heterocycles. The highest BCUT2D eigenvalue weighted by Crippen LogP contribution is 2.41. The van der Waals surface area contributed by atoms with Crippen LogP contribution in [0.1, 0.15) is 10.4 Å². The molecule has 164 valence electrons. The van der Waals surface area contributed by atoms with Gasteiger partial charge in [-0.1, -0.05) is 42.5 Å². The Labute approximate surface area is 197 Å². The summed E-state index contributed by atoms with van der Waals surface area (Å²) in [5.41, 5.74) is 0.937. The molecule has 0 unspecified atom stereocenters. The van der Waals surface area contributed by atoms with Gasteiger partial charge in [-0.25, -0.2) is 9.83 Å². The summed E-state index contributed by atoms with van der Waals surface area (Å²) in [5.74, 6) is -0.631. The first-order valence-electron chi connectivity index (χ1n) is 10.0. The number of rotatable bonds is 5. The summed E-state index contributed by atoms with van der Waals surface area (Å²) in [6.45, 7) is 7.43. The number of aromatic hydroxyl groups is 1. The number of amides is 1. The molecule has 0 aliphatic carbocycles. The summed E-state index contributed by atoms with van der Waals surface area (Å²) in [6.07, 6.45) is 3.00. The van der Waals surface area contributed by atoms with Crippen molar-refractivity contribution in [3.8, 4) is 10.9 Å². The van der Waals surface area contributed by atoms with Crippen LogP contribution in [0.15, 0.2) is 88.7 Å². The summed E-state index contributed by atoms with van der Waals surface area (Å²) >= 11 is 1.33. The Bertz CT molecular complexity index is 1570. The van der Waals surface area contributed by atoms with Gasteiger partial charge in [0.05, 0.1) is 18.3 Å². The van der Waals surface area contributed by atoms with Crippen LogP contribution in [0.5, 0.6) is 5.75 Å². The van der Waals surface area contributed by atoms with Crippen LogP contribution in [-0.4, -0.2) is 25.8 Å². The highest BCUT2D eigenvalue weighted by molar-refractivity contribution is 7.12. The van der Waals surface area contributed by atoms with Gasteiger partial charge in [0.2, 0.25) is 5.13 Å². The van der Waals surface area contributed by atoms with Crippen LogP contribution in [0.25, 0.3) is 20.7 Å². The molecule has 0 aliphatic rings. The van der Waals surface area contributed by atoms with Gasteiger partial charge < -0.3 is 10.4 Å². The molecule has 0 spiro atoms. The molecule has 0 saturated carbocycles. The summed E-state index contributed by atoms with van der Waals surface area (Å²) < 4.78 is 1.41. The van der Waals surface area contributed by atoms with E-state index in [0.29, 0.717) is 21.6 Å². The minimum Gasteiger partial charge on any atom is -0.505 e. The van der Waals surface area contributed by atoms with Gasteiger partial charge in [0, 0.05) is 22.7 Å². The first-order chi connectivity index (χ1) is 16.7. The van der Waals surface area contributed by atoms with E-state index in [0.717, 1.165) is 0 Å². The molecule has 0 fully saturated rings. The molecule has 1 amide bonds. The number of fused-ring (bicyclic) bond motifs is 1. The number of phenols is 1. The lowest BCUT2D eigenvalue weighted by atomic mass is 10.0. The van der Waals surface area contributed by atoms with E-state index in [1.54, 1.807) is 54.0 Å². The summed E-state index contributed by atoms with van der Waals surface area (Å²) in [6, 6.07) is 17.8. The van der Waals surface area contributed by atoms with Gasteiger partial charge in [0.1, 0.15) is 5.69 Å². The third kappa shape index (κ3) is 3.87. The summed E-state index contributed by atoms with van der Waals surface area (Å²) in [4.78, 5) is 20.6. The quantitative estimate of drug-likeness (QED) is 0.231. The zero-order chi connectivity index (χ0) is 23.5. The fourth-order valence-corrected chi connectivity index (χ4v) is 3.97. The van der Waals surface area contributed by atoms with E-state index in [1.165, 1.54) is 22.2 Å². The third-order valence-corrected chi connectivity index (χ3v) is 5.71. The number of carbonyl (C=O) groups excluding carboxylic acids is 1. The van der Waals surface area contributed by atoms with Crippen LogP contribution >= 0.6 is 11.3 Å². The third-order valence-electron chi connectivity index (χ3n) is 4.96. The topological polar surface area (TPSA) is 109 Å². The van der Waals surface area contributed by atoms with Crippen LogP contribution in [0.4, 0.5) is 22.9 Å². The van der Waals surface area contributed by atoms with Crippen molar-refractivity contribution in [3.63, 3.8) is 0 Å². The van der Waals surface area contributed by atoms with E-state index in [9.17, 15) is 9.90 Å². The second-order valence-corrected chi connectivity index (χ2v) is 7.93. The Hall–Kier alpha value is -4.88. The van der Waals surface area contributed by atoms with Gasteiger partial charge in [0.25, 0.3) is 11.6 Å². The molecule has 0 atom stereocenters. The molecule has 5 rings (SSSR count). The maximum atomic E-state index is 13.0. The van der Waals surface area contributed by atoms with Crippen molar-refractivity contribution in [2.24, 2.45) is 10.2 Å². The Morgan fingerprint density at radius 1 is 1.12 bits per heavy atom. The smallest absolute Gasteiger partial charge is 0.259 e. The highest BCUT2D eigenvalue weighted by atomic mass is 32.1. The number of para-hydroxylation sites is 1. The molecule has 5 aromatic rings. The number of aromatic nitrogens is 3. The van der Waals surface area contributed by atoms with Gasteiger partial charge in [-0.05, 0) is 23.6 Å². The fraction of sp³-hybridized carbons (Fsp3) is 0. The molecule has 10 heteroatoms. The predicted octanol–water partition coefficient (Wildman–Crippen LogP) is 6.41. The Morgan fingerprint density at radius 3 is 2.68 bits per heavy atom. The van der Waals surface area contributed by atoms with Crippen molar-refractivity contribution in [3.05, 3.63) is 95.4 Å². The van der Waals surface area contributed by atoms with E-state index in [2.05, 4.69) is 30.5 Å². The SMILES string of the molecule is [C-]#[N+]c1cnn(-c2nccs2)c1/N=N/c1c(O)c(C(=O)Nc2ccccc2)cc2ccccc12. The molecule has 0 radical (unpaired) electrons. The average molecular weight is 465 g/mol. The van der Waals surface area contributed by atoms with Crippen molar-refractivity contribution in [1.29, 1.82) is 0 Å². The monoisotopic (exact) mass is 465 g/mol. The molecule has 2 heterocycles. The minimum absolute atomic E-state index is 0.0512. The second-order valence-electron chi connectivity index (χ2n) is 7.05. The van der Waals surface area contributed by atoms with E-state index < -0.39 is 5.91 Å². The summed E-state index contributed by atoms with van der Waals surface area (Å²) in [5, 5.41) is 30.1. The zero-order valence-electron chi connectivity index (χ0n) is 17.5. The average Bonchev–Trinajstić information content (AvgIpc) is 3.53. The van der Waals surface area contributed by atoms with Gasteiger partial charge in [-0.15, -0.1) is 21.6 Å². The van der Waals surface area contributed by atoms with Crippen LogP contribution in [0.3, 0.4) is 0 Å². The number of phenolic OH excluding ortho intramolecular Hbond substituents is 1. The molecule has 34 heavy (non-hydrogen) atoms. The number of anilines is 1. The van der Waals surface area contributed by atoms with Crippen LogP contribution in [-0.2, 0) is 0 Å². The second kappa shape index (κ2) is 8.93. The normalized spacial score (nSPS) is 11.0. The number of benzene rings is 3. The Balaban J connectivity index is 1.61. The van der Waals surface area contributed by atoms with Gasteiger partial charge in [-0.3, -0.25) is 4.79 Å². The van der Waals surface area contributed by atoms with Crippen molar-refractivity contribution in [2.75, 3.05) is 5.32 Å². The van der Waals surface area contributed by atoms with Crippen molar-refractivity contribution < 1.29 is 9.90 Å². The number of azo groups is 1. The largest absolute Gasteiger partial charge is 0.505 e. The van der Waals surface area contributed by atoms with Crippen molar-refractivity contribution >= 4 is 50.9 Å². The number of carbonyl (C=O) groups is 1. The molecule has 9 nitrogen and oxygen atoms in total. The Kier molecular flexibility index (Phi) is 5.51. The molecule has 2 aromatic heterocycles. The van der Waals surface area contributed by atoms with Crippen molar-refractivity contribution in [2.45, 2.75) is 0 Å². The molecular formula is C24H15N7O2S. The summed E-state index contributed by atoms with van der Waals surface area (Å²) in [7, 11) is 0. The molecule has 3 aromatic carbocycles. The van der Waals surface area contributed by atoms with E-state index in [-0.39, 0.29) is 28.5 Å². The standard InChI is InChI=1S/C24H15N7O2S/c1-25-19-14-27-31(24-26-11-12-34-24)22(19)30-29-20-17-10-6-5-7-15(17)13-18(21(20)32)23(33)28-16-8-3-2-4-9-16/h2-14,32H,(H,28,33)/b30-29+. The molecule has 0 aliphatic heterocycles. The van der Waals surface area contributed by atoms with Gasteiger partial charge in [-0.2, -0.15) is 9.78 Å². The molecular weight excluding hydrogens is 450 g/mol. The Morgan fingerprint density at radius 2 is 1.91 bits per heavy atom. The maximum Gasteiger partial charge on any atom is 0.259 e. The predicted molar refractivity (Wildman–Crippen MR) is 130 cm³/mol. The molecule has 0 bridgehead atoms. The first-order valence-corrected chi connectivity index (χ1v) is 10.9. The van der Waals surface area contributed by atoms with E-state index in [4.69, 9.17) is 6.57 Å². The van der Waals surface area contributed by atoms with Gasteiger partial charge in [0.15, 0.2) is 11.6 Å². The number of nitrogens with one attached hydrogen (secondary N) is 1. The maximum absolute atomic E-state index is 13.0. The number of nitrogens with zero attached hydrogens (tertiary/aromatic N) is 6. The lowest BCUT2D eigenvalue weighted by molar-refractivity contribution is 0.102. The number of thiazole rings is 1. The lowest BCUT2D eigenvalue weighted by Gasteiger charge is -2.11. The number of hydrogen-bond donors (Lipinski definition) is 2. The van der Waals surface area contributed by atoms with Crippen LogP contribution in [0.2, 0.25) is 0 Å². The zero-order valence-corrected chi connectivity index (χ0v) is 18.3. The van der Waals surface area contributed by atoms with Crippen LogP contribution in [0, 0.1) is 6.57 Å². The minimum atomic E-state index is -0.486. The highest BCUT2D eigenvalue weighted by Gasteiger charge is 2.20. The first kappa shape index (κ1) is 21.0. The number of hydrogen-bond acceptors (Lipinski definition) is 7. The van der Waals surface area contributed by atoms with Gasteiger partial charge >= 0.3 is 0 Å². The van der Waals surface area contributed by atoms with Crippen LogP contribution < -0.4 is 5.32 Å². The van der Waals surface area contributed by atoms with E-state index >= 15 is 0 Å². The molecule has 2 N–H and O–H groups in total. The van der Waals surface area contributed by atoms with E-state index in [1.807, 2.05) is 18.2 Å².